The van der Waals surface area contributed by atoms with Crippen molar-refractivity contribution in [2.75, 3.05) is 0 Å². The third-order valence-corrected chi connectivity index (χ3v) is 7.58. The summed E-state index contributed by atoms with van der Waals surface area (Å²) in [6, 6.07) is 0. The Kier molecular flexibility index (Phi) is 4.88. The van der Waals surface area contributed by atoms with Crippen LogP contribution in [0.1, 0.15) is 72.6 Å². The van der Waals surface area contributed by atoms with Gasteiger partial charge in [-0.3, -0.25) is 4.79 Å². The first-order valence-electron chi connectivity index (χ1n) is 10.5. The summed E-state index contributed by atoms with van der Waals surface area (Å²) in [5.41, 5.74) is -0.435. The van der Waals surface area contributed by atoms with Crippen LogP contribution in [-0.2, 0) is 28.8 Å². The van der Waals surface area contributed by atoms with Crippen molar-refractivity contribution in [3.05, 3.63) is 0 Å². The molecule has 2 bridgehead atoms. The number of hydrogen-bond acceptors (Lipinski definition) is 6. The van der Waals surface area contributed by atoms with E-state index in [9.17, 15) is 9.59 Å². The number of hydrogen-bond donors (Lipinski definition) is 0. The van der Waals surface area contributed by atoms with E-state index in [1.165, 1.54) is 6.92 Å². The van der Waals surface area contributed by atoms with E-state index in [4.69, 9.17) is 19.2 Å². The molecular formula is C21H32O6. The first-order chi connectivity index (χ1) is 12.7. The molecule has 0 aromatic rings. The molecule has 6 nitrogen and oxygen atoms in total. The van der Waals surface area contributed by atoms with Crippen LogP contribution in [0.4, 0.5) is 0 Å². The molecule has 3 heterocycles. The van der Waals surface area contributed by atoms with E-state index in [2.05, 4.69) is 13.8 Å². The van der Waals surface area contributed by atoms with Crippen molar-refractivity contribution >= 4 is 11.8 Å². The molecule has 0 unspecified atom stereocenters. The Balaban J connectivity index is 1.58. The Morgan fingerprint density at radius 2 is 1.85 bits per heavy atom. The maximum absolute atomic E-state index is 12.3. The van der Waals surface area contributed by atoms with Crippen LogP contribution in [0, 0.1) is 23.7 Å². The lowest BCUT2D eigenvalue weighted by atomic mass is 9.53. The summed E-state index contributed by atoms with van der Waals surface area (Å²) in [6.07, 6.45) is 4.73. The SMILES string of the molecule is CC(=O)CCC(=O)O[C@@H]1C[C@@H]2O[C@@]3(C)CC[C@H]4[C@H](C)CC[C@@H]([C@H]1C)[C@@]24OO3. The van der Waals surface area contributed by atoms with Crippen molar-refractivity contribution in [1.29, 1.82) is 0 Å². The molecule has 152 valence electrons. The molecule has 0 radical (unpaired) electrons. The number of fused-ring (bicyclic) bond motifs is 2. The zero-order chi connectivity index (χ0) is 19.4. The highest BCUT2D eigenvalue weighted by atomic mass is 17.3. The van der Waals surface area contributed by atoms with Crippen LogP contribution in [0.5, 0.6) is 0 Å². The molecule has 2 aliphatic carbocycles. The van der Waals surface area contributed by atoms with E-state index < -0.39 is 11.4 Å². The summed E-state index contributed by atoms with van der Waals surface area (Å²) in [6.45, 7) is 7.92. The lowest BCUT2D eigenvalue weighted by Crippen LogP contribution is -2.69. The zero-order valence-electron chi connectivity index (χ0n) is 16.9. The van der Waals surface area contributed by atoms with Crippen molar-refractivity contribution in [3.63, 3.8) is 0 Å². The van der Waals surface area contributed by atoms with E-state index >= 15 is 0 Å². The van der Waals surface area contributed by atoms with Crippen molar-refractivity contribution in [2.45, 2.75) is 96.2 Å². The second kappa shape index (κ2) is 6.82. The Bertz CT molecular complexity index is 620. The van der Waals surface area contributed by atoms with E-state index in [1.54, 1.807) is 0 Å². The predicted molar refractivity (Wildman–Crippen MR) is 96.4 cm³/mol. The van der Waals surface area contributed by atoms with E-state index in [1.807, 2.05) is 6.92 Å². The van der Waals surface area contributed by atoms with Gasteiger partial charge in [0.25, 0.3) is 0 Å². The molecule has 0 N–H and O–H groups in total. The van der Waals surface area contributed by atoms with Gasteiger partial charge in [0, 0.05) is 25.2 Å². The molecule has 1 spiro atoms. The van der Waals surface area contributed by atoms with Crippen molar-refractivity contribution in [1.82, 2.24) is 0 Å². The molecule has 2 saturated carbocycles. The second-order valence-electron chi connectivity index (χ2n) is 9.39. The molecule has 3 saturated heterocycles. The molecule has 0 amide bonds. The van der Waals surface area contributed by atoms with Gasteiger partial charge in [0.15, 0.2) is 5.79 Å². The molecule has 5 aliphatic rings. The number of ether oxygens (including phenoxy) is 2. The van der Waals surface area contributed by atoms with E-state index in [0.717, 1.165) is 25.7 Å². The highest BCUT2D eigenvalue weighted by Gasteiger charge is 2.68. The minimum atomic E-state index is -0.721. The maximum Gasteiger partial charge on any atom is 0.306 e. The first-order valence-corrected chi connectivity index (χ1v) is 10.5. The maximum atomic E-state index is 12.3. The highest BCUT2D eigenvalue weighted by molar-refractivity contribution is 5.81. The predicted octanol–water partition coefficient (Wildman–Crippen LogP) is 3.57. The first kappa shape index (κ1) is 19.3. The highest BCUT2D eigenvalue weighted by Crippen LogP contribution is 2.61. The molecule has 27 heavy (non-hydrogen) atoms. The third-order valence-electron chi connectivity index (χ3n) is 7.58. The van der Waals surface area contributed by atoms with Crippen LogP contribution in [0.25, 0.3) is 0 Å². The van der Waals surface area contributed by atoms with Crippen LogP contribution >= 0.6 is 0 Å². The fourth-order valence-electron chi connectivity index (χ4n) is 6.10. The van der Waals surface area contributed by atoms with Crippen molar-refractivity contribution in [2.24, 2.45) is 23.7 Å². The Morgan fingerprint density at radius 3 is 2.59 bits per heavy atom. The Morgan fingerprint density at radius 1 is 1.07 bits per heavy atom. The molecule has 3 aliphatic heterocycles. The van der Waals surface area contributed by atoms with Crippen molar-refractivity contribution < 1.29 is 28.8 Å². The minimum absolute atomic E-state index is 0.00888. The summed E-state index contributed by atoms with van der Waals surface area (Å²) in [5.74, 6) is 0.385. The number of esters is 1. The molecule has 8 atom stereocenters. The third kappa shape index (κ3) is 3.14. The fourth-order valence-corrected chi connectivity index (χ4v) is 6.10. The average Bonchev–Trinajstić information content (AvgIpc) is 2.84. The van der Waals surface area contributed by atoms with Crippen LogP contribution in [0.2, 0.25) is 0 Å². The van der Waals surface area contributed by atoms with Gasteiger partial charge in [-0.05, 0) is 50.9 Å². The van der Waals surface area contributed by atoms with Gasteiger partial charge in [0.05, 0.1) is 12.5 Å². The summed E-state index contributed by atoms with van der Waals surface area (Å²) < 4.78 is 12.3. The summed E-state index contributed by atoms with van der Waals surface area (Å²) >= 11 is 0. The molecule has 0 aromatic carbocycles. The lowest BCUT2D eigenvalue weighted by Gasteiger charge is -2.60. The fraction of sp³-hybridized carbons (Fsp3) is 0.905. The Labute approximate surface area is 161 Å². The molecule has 0 aromatic heterocycles. The van der Waals surface area contributed by atoms with Gasteiger partial charge in [-0.2, -0.15) is 0 Å². The number of rotatable bonds is 4. The van der Waals surface area contributed by atoms with Gasteiger partial charge in [0.1, 0.15) is 17.5 Å². The average molecular weight is 380 g/mol. The normalized spacial score (nSPS) is 48.4. The minimum Gasteiger partial charge on any atom is -0.462 e. The molecular weight excluding hydrogens is 348 g/mol. The van der Waals surface area contributed by atoms with Crippen LogP contribution in [0.15, 0.2) is 0 Å². The monoisotopic (exact) mass is 380 g/mol. The van der Waals surface area contributed by atoms with Gasteiger partial charge in [0.2, 0.25) is 0 Å². The molecule has 5 fully saturated rings. The molecule has 5 rings (SSSR count). The second-order valence-corrected chi connectivity index (χ2v) is 9.39. The van der Waals surface area contributed by atoms with E-state index in [0.29, 0.717) is 18.3 Å². The number of ketones is 1. The molecule has 6 heteroatoms. The van der Waals surface area contributed by atoms with Gasteiger partial charge < -0.3 is 14.3 Å². The topological polar surface area (TPSA) is 71.1 Å². The summed E-state index contributed by atoms with van der Waals surface area (Å²) in [5, 5.41) is 0. The zero-order valence-corrected chi connectivity index (χ0v) is 16.9. The quantitative estimate of drug-likeness (QED) is 0.548. The summed E-state index contributed by atoms with van der Waals surface area (Å²) in [7, 11) is 0. The smallest absolute Gasteiger partial charge is 0.306 e. The number of carbonyl (C=O) groups is 2. The van der Waals surface area contributed by atoms with Gasteiger partial charge in [-0.15, -0.1) is 0 Å². The van der Waals surface area contributed by atoms with Crippen LogP contribution in [0.3, 0.4) is 0 Å². The van der Waals surface area contributed by atoms with Crippen LogP contribution < -0.4 is 0 Å². The number of carbonyl (C=O) groups excluding carboxylic acids is 2. The van der Waals surface area contributed by atoms with E-state index in [-0.39, 0.29) is 48.6 Å². The Hall–Kier alpha value is -0.980. The van der Waals surface area contributed by atoms with Crippen molar-refractivity contribution in [3.8, 4) is 0 Å². The van der Waals surface area contributed by atoms with Crippen LogP contribution in [-0.4, -0.2) is 35.3 Å². The standard InChI is InChI=1S/C21H32O6/c1-12-5-7-16-14(3)17(24-19(23)8-6-13(2)22)11-18-21(16)15(12)9-10-20(4,25-18)26-27-21/h12,14-18H,5-11H2,1-4H3/t12-,14-,15+,16+,17-,18+,20-,21-/m1/s1. The number of Topliss-reactive ketones (excluding diaryl/α,β-unsaturated/α-hetero) is 1. The van der Waals surface area contributed by atoms with Gasteiger partial charge in [-0.25, -0.2) is 9.78 Å². The van der Waals surface area contributed by atoms with Gasteiger partial charge >= 0.3 is 5.97 Å². The summed E-state index contributed by atoms with van der Waals surface area (Å²) in [4.78, 5) is 35.5. The lowest BCUT2D eigenvalue weighted by molar-refractivity contribution is -0.540. The largest absolute Gasteiger partial charge is 0.462 e. The van der Waals surface area contributed by atoms with Gasteiger partial charge in [-0.1, -0.05) is 13.8 Å².